The fourth-order valence-electron chi connectivity index (χ4n) is 1.74. The van der Waals surface area contributed by atoms with E-state index in [1.54, 1.807) is 13.8 Å². The highest BCUT2D eigenvalue weighted by molar-refractivity contribution is 6.26. The number of Topliss-reactive ketones (excluding diaryl/α,β-unsaturated/α-hetero) is 1. The lowest BCUT2D eigenvalue weighted by Crippen LogP contribution is -2.47. The van der Waals surface area contributed by atoms with Gasteiger partial charge in [-0.15, -0.1) is 0 Å². The van der Waals surface area contributed by atoms with Crippen LogP contribution in [0.5, 0.6) is 0 Å². The molecule has 0 saturated carbocycles. The van der Waals surface area contributed by atoms with Crippen molar-refractivity contribution in [2.24, 2.45) is 5.92 Å². The number of carbonyl (C=O) groups is 3. The van der Waals surface area contributed by atoms with E-state index in [0.717, 1.165) is 0 Å². The summed E-state index contributed by atoms with van der Waals surface area (Å²) in [5.74, 6) is -1.64. The largest absolute Gasteiger partial charge is 0.461 e. The first-order chi connectivity index (χ1) is 10.2. The van der Waals surface area contributed by atoms with Crippen molar-refractivity contribution in [3.63, 3.8) is 0 Å². The van der Waals surface area contributed by atoms with Gasteiger partial charge in [0, 0.05) is 6.42 Å². The van der Waals surface area contributed by atoms with Crippen molar-refractivity contribution in [1.82, 2.24) is 5.32 Å². The molecule has 0 aliphatic rings. The molecule has 0 aliphatic heterocycles. The minimum Gasteiger partial charge on any atom is -0.461 e. The standard InChI is InChI=1S/C15H26N2O5/c1-9(2)7-13(19)14(20)17-12(6-5-11(18)8-16)15(21)22-10(3)4/h8-10,12-13,16,19H,5-7H2,1-4H3,(H,17,20)/t12-,13-/m0/s1. The van der Waals surface area contributed by atoms with Crippen LogP contribution in [0, 0.1) is 11.3 Å². The molecule has 0 aromatic heterocycles. The van der Waals surface area contributed by atoms with E-state index in [0.29, 0.717) is 6.21 Å². The average Bonchev–Trinajstić information content (AvgIpc) is 2.40. The number of carbonyl (C=O) groups excluding carboxylic acids is 3. The molecule has 0 aliphatic carbocycles. The van der Waals surface area contributed by atoms with Crippen LogP contribution in [0.25, 0.3) is 0 Å². The summed E-state index contributed by atoms with van der Waals surface area (Å²) >= 11 is 0. The molecule has 7 heteroatoms. The molecule has 0 aromatic rings. The third kappa shape index (κ3) is 8.51. The van der Waals surface area contributed by atoms with Crippen LogP contribution in [-0.4, -0.2) is 47.2 Å². The first kappa shape index (κ1) is 20.2. The van der Waals surface area contributed by atoms with Crippen LogP contribution in [0.1, 0.15) is 47.0 Å². The van der Waals surface area contributed by atoms with E-state index in [1.165, 1.54) is 0 Å². The normalized spacial score (nSPS) is 13.6. The van der Waals surface area contributed by atoms with E-state index in [-0.39, 0.29) is 31.3 Å². The van der Waals surface area contributed by atoms with Crippen molar-refractivity contribution in [3.8, 4) is 0 Å². The maximum atomic E-state index is 11.9. The van der Waals surface area contributed by atoms with Crippen molar-refractivity contribution in [1.29, 1.82) is 5.41 Å². The molecule has 0 bridgehead atoms. The Hall–Kier alpha value is -1.76. The zero-order valence-electron chi connectivity index (χ0n) is 13.6. The second kappa shape index (κ2) is 10.0. The maximum Gasteiger partial charge on any atom is 0.328 e. The number of rotatable bonds is 10. The van der Waals surface area contributed by atoms with Gasteiger partial charge in [0.2, 0.25) is 5.91 Å². The molecule has 0 aromatic carbocycles. The van der Waals surface area contributed by atoms with Gasteiger partial charge < -0.3 is 20.6 Å². The number of ketones is 1. The lowest BCUT2D eigenvalue weighted by molar-refractivity contribution is -0.152. The zero-order valence-corrected chi connectivity index (χ0v) is 13.6. The Labute approximate surface area is 130 Å². The highest BCUT2D eigenvalue weighted by Gasteiger charge is 2.26. The molecule has 1 amide bonds. The number of esters is 1. The molecule has 0 radical (unpaired) electrons. The monoisotopic (exact) mass is 314 g/mol. The van der Waals surface area contributed by atoms with E-state index >= 15 is 0 Å². The predicted molar refractivity (Wildman–Crippen MR) is 81.6 cm³/mol. The van der Waals surface area contributed by atoms with Crippen LogP contribution in [0.3, 0.4) is 0 Å². The zero-order chi connectivity index (χ0) is 17.3. The molecular weight excluding hydrogens is 288 g/mol. The van der Waals surface area contributed by atoms with Gasteiger partial charge in [-0.05, 0) is 32.6 Å². The Morgan fingerprint density at radius 3 is 2.27 bits per heavy atom. The van der Waals surface area contributed by atoms with Crippen LogP contribution in [0.2, 0.25) is 0 Å². The Balaban J connectivity index is 4.76. The highest BCUT2D eigenvalue weighted by Crippen LogP contribution is 2.07. The summed E-state index contributed by atoms with van der Waals surface area (Å²) < 4.78 is 5.04. The summed E-state index contributed by atoms with van der Waals surface area (Å²) in [6, 6.07) is -1.01. The molecule has 7 nitrogen and oxygen atoms in total. The molecule has 0 saturated heterocycles. The number of aliphatic hydroxyl groups excluding tert-OH is 1. The predicted octanol–water partition coefficient (Wildman–Crippen LogP) is 0.829. The highest BCUT2D eigenvalue weighted by atomic mass is 16.5. The molecule has 126 valence electrons. The van der Waals surface area contributed by atoms with Gasteiger partial charge in [0.15, 0.2) is 5.78 Å². The molecular formula is C15H26N2O5. The van der Waals surface area contributed by atoms with Gasteiger partial charge in [-0.2, -0.15) is 0 Å². The van der Waals surface area contributed by atoms with E-state index in [2.05, 4.69) is 5.32 Å². The van der Waals surface area contributed by atoms with Crippen LogP contribution < -0.4 is 5.32 Å². The Kier molecular flexibility index (Phi) is 9.24. The van der Waals surface area contributed by atoms with E-state index in [4.69, 9.17) is 10.1 Å². The molecule has 0 unspecified atom stereocenters. The molecule has 22 heavy (non-hydrogen) atoms. The van der Waals surface area contributed by atoms with E-state index in [9.17, 15) is 19.5 Å². The van der Waals surface area contributed by atoms with Gasteiger partial charge in [0.25, 0.3) is 0 Å². The fraction of sp³-hybridized carbons (Fsp3) is 0.733. The fourth-order valence-corrected chi connectivity index (χ4v) is 1.74. The maximum absolute atomic E-state index is 11.9. The van der Waals surface area contributed by atoms with Crippen molar-refractivity contribution in [3.05, 3.63) is 0 Å². The van der Waals surface area contributed by atoms with Gasteiger partial charge in [-0.1, -0.05) is 13.8 Å². The molecule has 0 fully saturated rings. The van der Waals surface area contributed by atoms with Gasteiger partial charge in [0.05, 0.1) is 12.3 Å². The topological polar surface area (TPSA) is 117 Å². The first-order valence-corrected chi connectivity index (χ1v) is 7.39. The molecule has 0 heterocycles. The lowest BCUT2D eigenvalue weighted by atomic mass is 10.0. The van der Waals surface area contributed by atoms with E-state index in [1.807, 2.05) is 13.8 Å². The molecule has 0 rings (SSSR count). The van der Waals surface area contributed by atoms with Crippen LogP contribution >= 0.6 is 0 Å². The molecule has 0 spiro atoms. The van der Waals surface area contributed by atoms with Gasteiger partial charge in [-0.3, -0.25) is 9.59 Å². The Morgan fingerprint density at radius 1 is 1.23 bits per heavy atom. The summed E-state index contributed by atoms with van der Waals surface area (Å²) in [6.45, 7) is 7.08. The molecule has 3 N–H and O–H groups in total. The van der Waals surface area contributed by atoms with Crippen molar-refractivity contribution < 1.29 is 24.2 Å². The van der Waals surface area contributed by atoms with E-state index < -0.39 is 29.8 Å². The first-order valence-electron chi connectivity index (χ1n) is 7.39. The summed E-state index contributed by atoms with van der Waals surface area (Å²) in [6.07, 6.45) is -0.655. The number of aliphatic hydroxyl groups is 1. The smallest absolute Gasteiger partial charge is 0.328 e. The number of ether oxygens (including phenoxy) is 1. The number of nitrogens with one attached hydrogen (secondary N) is 2. The van der Waals surface area contributed by atoms with Crippen molar-refractivity contribution >= 4 is 23.9 Å². The summed E-state index contributed by atoms with van der Waals surface area (Å²) in [5, 5.41) is 19.0. The summed E-state index contributed by atoms with van der Waals surface area (Å²) in [5.41, 5.74) is 0. The number of amides is 1. The number of hydrogen-bond acceptors (Lipinski definition) is 6. The summed E-state index contributed by atoms with van der Waals surface area (Å²) in [4.78, 5) is 35.0. The Bertz CT molecular complexity index is 407. The lowest BCUT2D eigenvalue weighted by Gasteiger charge is -2.21. The van der Waals surface area contributed by atoms with Crippen LogP contribution in [0.15, 0.2) is 0 Å². The minimum absolute atomic E-state index is 0.0277. The minimum atomic E-state index is -1.22. The number of hydrogen-bond donors (Lipinski definition) is 3. The average molecular weight is 314 g/mol. The second-order valence-corrected chi connectivity index (χ2v) is 5.84. The van der Waals surface area contributed by atoms with Gasteiger partial charge in [-0.25, -0.2) is 4.79 Å². The molecule has 2 atom stereocenters. The third-order valence-corrected chi connectivity index (χ3v) is 2.79. The van der Waals surface area contributed by atoms with Gasteiger partial charge >= 0.3 is 5.97 Å². The third-order valence-electron chi connectivity index (χ3n) is 2.79. The van der Waals surface area contributed by atoms with Crippen molar-refractivity contribution in [2.45, 2.75) is 65.2 Å². The Morgan fingerprint density at radius 2 is 1.82 bits per heavy atom. The second-order valence-electron chi connectivity index (χ2n) is 5.84. The quantitative estimate of drug-likeness (QED) is 0.408. The van der Waals surface area contributed by atoms with Gasteiger partial charge in [0.1, 0.15) is 12.1 Å². The van der Waals surface area contributed by atoms with Crippen LogP contribution in [-0.2, 0) is 19.1 Å². The van der Waals surface area contributed by atoms with Crippen molar-refractivity contribution in [2.75, 3.05) is 0 Å². The van der Waals surface area contributed by atoms with Crippen LogP contribution in [0.4, 0.5) is 0 Å². The summed E-state index contributed by atoms with van der Waals surface area (Å²) in [7, 11) is 0. The SMILES string of the molecule is CC(C)C[C@H](O)C(=O)N[C@@H](CCC(=O)C=N)C(=O)OC(C)C.